The van der Waals surface area contributed by atoms with Gasteiger partial charge in [0.15, 0.2) is 0 Å². The number of hydrogen-bond donors (Lipinski definition) is 2. The number of rotatable bonds is 11. The first-order valence-electron chi connectivity index (χ1n) is 10.6. The summed E-state index contributed by atoms with van der Waals surface area (Å²) in [4.78, 5) is 17.3. The molecular weight excluding hydrogens is 425 g/mol. The van der Waals surface area contributed by atoms with Gasteiger partial charge < -0.3 is 19.9 Å². The monoisotopic (exact) mass is 453 g/mol. The van der Waals surface area contributed by atoms with Crippen LogP contribution in [0, 0.1) is 12.7 Å². The van der Waals surface area contributed by atoms with Crippen molar-refractivity contribution in [2.75, 3.05) is 32.6 Å². The number of carboxylic acid groups (broad SMARTS) is 1. The molecule has 0 bridgehead atoms. The van der Waals surface area contributed by atoms with Crippen molar-refractivity contribution < 1.29 is 23.8 Å². The van der Waals surface area contributed by atoms with Gasteiger partial charge in [-0.3, -0.25) is 9.69 Å². The molecule has 7 nitrogen and oxygen atoms in total. The van der Waals surface area contributed by atoms with Crippen LogP contribution in [0.5, 0.6) is 17.2 Å². The van der Waals surface area contributed by atoms with Gasteiger partial charge in [-0.25, -0.2) is 9.37 Å². The second-order valence-electron chi connectivity index (χ2n) is 7.73. The standard InChI is InChI=1S/C25H28FN3O4/c1-17-23(33-21-10-8-20(32-3)9-11-21)12-13-24(27-17)28-22(14-15-29(2)16-25(30)31)18-4-6-19(26)7-5-18/h4-13,22H,14-16H2,1-3H3,(H,27,28)(H,30,31). The number of aromatic nitrogens is 1. The van der Waals surface area contributed by atoms with Crippen LogP contribution in [0.25, 0.3) is 0 Å². The van der Waals surface area contributed by atoms with E-state index in [0.29, 0.717) is 36.0 Å². The Hall–Kier alpha value is -3.65. The van der Waals surface area contributed by atoms with Crippen LogP contribution in [-0.4, -0.2) is 48.2 Å². The number of carbonyl (C=O) groups is 1. The predicted octanol–water partition coefficient (Wildman–Crippen LogP) is 4.89. The lowest BCUT2D eigenvalue weighted by molar-refractivity contribution is -0.138. The van der Waals surface area contributed by atoms with Gasteiger partial charge in [0.2, 0.25) is 0 Å². The summed E-state index contributed by atoms with van der Waals surface area (Å²) >= 11 is 0. The molecule has 0 saturated heterocycles. The van der Waals surface area contributed by atoms with E-state index in [4.69, 9.17) is 14.6 Å². The second kappa shape index (κ2) is 11.3. The van der Waals surface area contributed by atoms with Gasteiger partial charge in [-0.05, 0) is 74.5 Å². The molecule has 1 unspecified atom stereocenters. The Kier molecular flexibility index (Phi) is 8.21. The number of likely N-dealkylation sites (N-methyl/N-ethyl adjacent to an activating group) is 1. The van der Waals surface area contributed by atoms with E-state index < -0.39 is 5.97 Å². The van der Waals surface area contributed by atoms with Crippen LogP contribution in [-0.2, 0) is 4.79 Å². The molecule has 3 aromatic rings. The summed E-state index contributed by atoms with van der Waals surface area (Å²) in [5.74, 6) is 1.50. The van der Waals surface area contributed by atoms with Crippen LogP contribution in [0.2, 0.25) is 0 Å². The highest BCUT2D eigenvalue weighted by Gasteiger charge is 2.15. The Morgan fingerprint density at radius 1 is 1.09 bits per heavy atom. The maximum absolute atomic E-state index is 13.4. The van der Waals surface area contributed by atoms with Gasteiger partial charge in [0.1, 0.15) is 28.9 Å². The summed E-state index contributed by atoms with van der Waals surface area (Å²) in [6.07, 6.45) is 0.611. The van der Waals surface area contributed by atoms with Gasteiger partial charge in [0.25, 0.3) is 0 Å². The fraction of sp³-hybridized carbons (Fsp3) is 0.280. The van der Waals surface area contributed by atoms with Crippen molar-refractivity contribution in [2.24, 2.45) is 0 Å². The van der Waals surface area contributed by atoms with Gasteiger partial charge in [-0.2, -0.15) is 0 Å². The number of ether oxygens (including phenoxy) is 2. The summed E-state index contributed by atoms with van der Waals surface area (Å²) in [5, 5.41) is 12.4. The topological polar surface area (TPSA) is 83.9 Å². The van der Waals surface area contributed by atoms with E-state index in [0.717, 1.165) is 11.3 Å². The molecule has 174 valence electrons. The highest BCUT2D eigenvalue weighted by molar-refractivity contribution is 5.69. The van der Waals surface area contributed by atoms with Gasteiger partial charge in [0, 0.05) is 6.54 Å². The lowest BCUT2D eigenvalue weighted by atomic mass is 10.0. The van der Waals surface area contributed by atoms with Gasteiger partial charge in [0.05, 0.1) is 25.4 Å². The molecular formula is C25H28FN3O4. The zero-order valence-corrected chi connectivity index (χ0v) is 18.9. The number of nitrogens with zero attached hydrogens (tertiary/aromatic N) is 2. The molecule has 1 heterocycles. The molecule has 2 aromatic carbocycles. The number of aliphatic carboxylic acids is 1. The molecule has 3 rings (SSSR count). The largest absolute Gasteiger partial charge is 0.497 e. The Morgan fingerprint density at radius 3 is 2.36 bits per heavy atom. The Balaban J connectivity index is 1.73. The van der Waals surface area contributed by atoms with Crippen molar-refractivity contribution in [2.45, 2.75) is 19.4 Å². The second-order valence-corrected chi connectivity index (χ2v) is 7.73. The van der Waals surface area contributed by atoms with Gasteiger partial charge in [-0.15, -0.1) is 0 Å². The summed E-state index contributed by atoms with van der Waals surface area (Å²) in [5.41, 5.74) is 1.59. The third-order valence-corrected chi connectivity index (χ3v) is 5.12. The number of methoxy groups -OCH3 is 1. The Labute approximate surface area is 192 Å². The number of hydrogen-bond acceptors (Lipinski definition) is 6. The van der Waals surface area contributed by atoms with Crippen LogP contribution in [0.4, 0.5) is 10.2 Å². The molecule has 0 aliphatic rings. The van der Waals surface area contributed by atoms with Crippen LogP contribution < -0.4 is 14.8 Å². The number of benzene rings is 2. The molecule has 1 aromatic heterocycles. The van der Waals surface area contributed by atoms with E-state index in [1.165, 1.54) is 12.1 Å². The molecule has 0 amide bonds. The maximum atomic E-state index is 13.4. The smallest absolute Gasteiger partial charge is 0.317 e. The first kappa shape index (κ1) is 24.0. The normalized spacial score (nSPS) is 11.8. The molecule has 0 spiro atoms. The van der Waals surface area contributed by atoms with Crippen molar-refractivity contribution in [1.82, 2.24) is 9.88 Å². The number of anilines is 1. The van der Waals surface area contributed by atoms with Crippen LogP contribution >= 0.6 is 0 Å². The molecule has 0 aliphatic carbocycles. The van der Waals surface area contributed by atoms with E-state index in [1.807, 2.05) is 43.3 Å². The Bertz CT molecular complexity index is 1060. The first-order valence-corrected chi connectivity index (χ1v) is 10.6. The fourth-order valence-corrected chi connectivity index (χ4v) is 3.36. The average molecular weight is 454 g/mol. The number of halogens is 1. The predicted molar refractivity (Wildman–Crippen MR) is 125 cm³/mol. The molecule has 0 radical (unpaired) electrons. The average Bonchev–Trinajstić information content (AvgIpc) is 2.79. The summed E-state index contributed by atoms with van der Waals surface area (Å²) in [6.45, 7) is 2.35. The maximum Gasteiger partial charge on any atom is 0.317 e. The van der Waals surface area contributed by atoms with Crippen LogP contribution in [0.1, 0.15) is 23.7 Å². The lowest BCUT2D eigenvalue weighted by Gasteiger charge is -2.23. The van der Waals surface area contributed by atoms with Crippen LogP contribution in [0.3, 0.4) is 0 Å². The summed E-state index contributed by atoms with van der Waals surface area (Å²) < 4.78 is 24.5. The molecule has 0 fully saturated rings. The fourth-order valence-electron chi connectivity index (χ4n) is 3.36. The molecule has 0 saturated carbocycles. The van der Waals surface area contributed by atoms with Crippen molar-refractivity contribution in [3.8, 4) is 17.2 Å². The molecule has 2 N–H and O–H groups in total. The van der Waals surface area contributed by atoms with Crippen molar-refractivity contribution in [3.63, 3.8) is 0 Å². The van der Waals surface area contributed by atoms with E-state index in [-0.39, 0.29) is 18.4 Å². The van der Waals surface area contributed by atoms with E-state index in [2.05, 4.69) is 10.3 Å². The number of aryl methyl sites for hydroxylation is 1. The Morgan fingerprint density at radius 2 is 1.76 bits per heavy atom. The van der Waals surface area contributed by atoms with E-state index in [9.17, 15) is 9.18 Å². The number of carboxylic acids is 1. The molecule has 8 heteroatoms. The minimum atomic E-state index is -0.881. The molecule has 1 atom stereocenters. The lowest BCUT2D eigenvalue weighted by Crippen LogP contribution is -2.28. The van der Waals surface area contributed by atoms with E-state index in [1.54, 1.807) is 31.2 Å². The minimum absolute atomic E-state index is 0.0507. The highest BCUT2D eigenvalue weighted by Crippen LogP contribution is 2.28. The number of pyridine rings is 1. The third-order valence-electron chi connectivity index (χ3n) is 5.12. The van der Waals surface area contributed by atoms with Crippen LogP contribution in [0.15, 0.2) is 60.7 Å². The third kappa shape index (κ3) is 7.18. The summed E-state index contributed by atoms with van der Waals surface area (Å²) in [7, 11) is 3.36. The molecule has 33 heavy (non-hydrogen) atoms. The van der Waals surface area contributed by atoms with Crippen molar-refractivity contribution >= 4 is 11.8 Å². The zero-order valence-electron chi connectivity index (χ0n) is 18.9. The zero-order chi connectivity index (χ0) is 23.8. The minimum Gasteiger partial charge on any atom is -0.497 e. The van der Waals surface area contributed by atoms with E-state index >= 15 is 0 Å². The summed E-state index contributed by atoms with van der Waals surface area (Å²) in [6, 6.07) is 17.0. The first-order chi connectivity index (χ1) is 15.8. The molecule has 0 aliphatic heterocycles. The SMILES string of the molecule is COc1ccc(Oc2ccc(NC(CCN(C)CC(=O)O)c3ccc(F)cc3)nc2C)cc1. The van der Waals surface area contributed by atoms with Gasteiger partial charge in [-0.1, -0.05) is 12.1 Å². The highest BCUT2D eigenvalue weighted by atomic mass is 19.1. The van der Waals surface area contributed by atoms with Crippen molar-refractivity contribution in [1.29, 1.82) is 0 Å². The van der Waals surface area contributed by atoms with Gasteiger partial charge >= 0.3 is 5.97 Å². The van der Waals surface area contributed by atoms with Crippen molar-refractivity contribution in [3.05, 3.63) is 77.7 Å². The quantitative estimate of drug-likeness (QED) is 0.428. The number of nitrogens with one attached hydrogen (secondary N) is 1.